The van der Waals surface area contributed by atoms with E-state index in [-0.39, 0.29) is 19.1 Å². The molecule has 2 heterocycles. The Morgan fingerprint density at radius 3 is 2.63 bits per heavy atom. The standard InChI is InChI=1S/C25H22N2O7S/c1-3-32-25(29)23-15(2)21(13-17-6-10-19-20(12-17)34-14-33-19)35-24(23)26-22(28)11-7-16-4-8-18(9-5-16)27(30)31/h4-12H,3,13-14H2,1-2H3,(H,26,28)/b11-7+. The zero-order valence-electron chi connectivity index (χ0n) is 19.0. The summed E-state index contributed by atoms with van der Waals surface area (Å²) < 4.78 is 16.0. The van der Waals surface area contributed by atoms with E-state index in [4.69, 9.17) is 14.2 Å². The molecule has 0 atom stereocenters. The summed E-state index contributed by atoms with van der Waals surface area (Å²) in [6.45, 7) is 3.94. The number of nitro groups is 1. The molecule has 1 aliphatic rings. The molecular weight excluding hydrogens is 472 g/mol. The maximum Gasteiger partial charge on any atom is 0.341 e. The number of carbonyl (C=O) groups is 2. The van der Waals surface area contributed by atoms with E-state index in [1.54, 1.807) is 19.1 Å². The number of benzene rings is 2. The minimum atomic E-state index is -0.507. The first-order valence-electron chi connectivity index (χ1n) is 10.8. The molecule has 1 aliphatic heterocycles. The molecule has 35 heavy (non-hydrogen) atoms. The lowest BCUT2D eigenvalue weighted by atomic mass is 10.1. The highest BCUT2D eigenvalue weighted by Gasteiger charge is 2.24. The number of carbonyl (C=O) groups excluding carboxylic acids is 2. The maximum atomic E-state index is 12.7. The van der Waals surface area contributed by atoms with Gasteiger partial charge in [-0.2, -0.15) is 0 Å². The second kappa shape index (κ2) is 10.4. The highest BCUT2D eigenvalue weighted by atomic mass is 32.1. The van der Waals surface area contributed by atoms with Gasteiger partial charge < -0.3 is 19.5 Å². The van der Waals surface area contributed by atoms with Gasteiger partial charge in [-0.05, 0) is 60.9 Å². The molecule has 2 aromatic carbocycles. The van der Waals surface area contributed by atoms with Crippen LogP contribution in [0.5, 0.6) is 11.5 Å². The molecular formula is C25H22N2O7S. The van der Waals surface area contributed by atoms with Crippen molar-refractivity contribution in [1.29, 1.82) is 0 Å². The van der Waals surface area contributed by atoms with E-state index in [1.807, 2.05) is 25.1 Å². The van der Waals surface area contributed by atoms with Crippen LogP contribution in [0.15, 0.2) is 48.5 Å². The molecule has 0 unspecified atom stereocenters. The highest BCUT2D eigenvalue weighted by Crippen LogP contribution is 2.37. The molecule has 0 aliphatic carbocycles. The number of ether oxygens (including phenoxy) is 3. The van der Waals surface area contributed by atoms with Gasteiger partial charge in [0.1, 0.15) is 5.00 Å². The molecule has 1 aromatic heterocycles. The Balaban J connectivity index is 1.55. The lowest BCUT2D eigenvalue weighted by molar-refractivity contribution is -0.384. The van der Waals surface area contributed by atoms with Crippen LogP contribution >= 0.6 is 11.3 Å². The van der Waals surface area contributed by atoms with Crippen LogP contribution in [0.2, 0.25) is 0 Å². The van der Waals surface area contributed by atoms with E-state index < -0.39 is 16.8 Å². The van der Waals surface area contributed by atoms with Crippen LogP contribution in [-0.4, -0.2) is 30.2 Å². The fourth-order valence-corrected chi connectivity index (χ4v) is 4.77. The summed E-state index contributed by atoms with van der Waals surface area (Å²) in [5, 5.41) is 14.0. The molecule has 0 fully saturated rings. The molecule has 180 valence electrons. The lowest BCUT2D eigenvalue weighted by Gasteiger charge is -2.06. The number of amides is 1. The monoisotopic (exact) mass is 494 g/mol. The van der Waals surface area contributed by atoms with Gasteiger partial charge in [0.15, 0.2) is 11.5 Å². The molecule has 0 saturated carbocycles. The average molecular weight is 495 g/mol. The number of hydrogen-bond donors (Lipinski definition) is 1. The average Bonchev–Trinajstić information content (AvgIpc) is 3.42. The highest BCUT2D eigenvalue weighted by molar-refractivity contribution is 7.17. The van der Waals surface area contributed by atoms with Gasteiger partial charge in [-0.1, -0.05) is 6.07 Å². The first kappa shape index (κ1) is 24.0. The van der Waals surface area contributed by atoms with Gasteiger partial charge in [-0.15, -0.1) is 11.3 Å². The van der Waals surface area contributed by atoms with E-state index in [0.717, 1.165) is 16.0 Å². The minimum absolute atomic E-state index is 0.0327. The number of hydrogen-bond acceptors (Lipinski definition) is 8. The van der Waals surface area contributed by atoms with Crippen molar-refractivity contribution in [2.45, 2.75) is 20.3 Å². The number of nitrogens with zero attached hydrogens (tertiary/aromatic N) is 1. The van der Waals surface area contributed by atoms with Gasteiger partial charge in [0, 0.05) is 29.5 Å². The van der Waals surface area contributed by atoms with E-state index in [1.165, 1.54) is 35.6 Å². The number of thiophene rings is 1. The van der Waals surface area contributed by atoms with Crippen LogP contribution in [0.25, 0.3) is 6.08 Å². The van der Waals surface area contributed by atoms with Crippen molar-refractivity contribution < 1.29 is 28.7 Å². The number of esters is 1. The topological polar surface area (TPSA) is 117 Å². The summed E-state index contributed by atoms with van der Waals surface area (Å²) >= 11 is 1.31. The Kier molecular flexibility index (Phi) is 7.11. The molecule has 0 bridgehead atoms. The third-order valence-electron chi connectivity index (χ3n) is 5.29. The SMILES string of the molecule is CCOC(=O)c1c(NC(=O)/C=C/c2ccc([N+](=O)[O-])cc2)sc(Cc2ccc3c(c2)OCO3)c1C. The molecule has 3 aromatic rings. The number of non-ortho nitro benzene ring substituents is 1. The Bertz CT molecular complexity index is 1310. The first-order chi connectivity index (χ1) is 16.9. The van der Waals surface area contributed by atoms with Crippen LogP contribution in [0.4, 0.5) is 10.7 Å². The fourth-order valence-electron chi connectivity index (χ4n) is 3.54. The molecule has 1 N–H and O–H groups in total. The number of nitro benzene ring substituents is 1. The summed E-state index contributed by atoms with van der Waals surface area (Å²) in [6, 6.07) is 11.5. The molecule has 4 rings (SSSR count). The van der Waals surface area contributed by atoms with E-state index in [0.29, 0.717) is 34.0 Å². The zero-order valence-corrected chi connectivity index (χ0v) is 19.8. The van der Waals surface area contributed by atoms with Crippen molar-refractivity contribution in [2.75, 3.05) is 18.7 Å². The third-order valence-corrected chi connectivity index (χ3v) is 6.50. The second-order valence-electron chi connectivity index (χ2n) is 7.61. The van der Waals surface area contributed by atoms with Crippen molar-refractivity contribution in [1.82, 2.24) is 0 Å². The number of fused-ring (bicyclic) bond motifs is 1. The Hall–Kier alpha value is -4.18. The molecule has 10 heteroatoms. The number of nitrogens with one attached hydrogen (secondary N) is 1. The summed E-state index contributed by atoms with van der Waals surface area (Å²) in [5.74, 6) is 0.418. The molecule has 0 spiro atoms. The molecule has 0 saturated heterocycles. The molecule has 1 amide bonds. The van der Waals surface area contributed by atoms with Crippen molar-refractivity contribution >= 4 is 40.0 Å². The first-order valence-corrected chi connectivity index (χ1v) is 11.6. The second-order valence-corrected chi connectivity index (χ2v) is 8.72. The summed E-state index contributed by atoms with van der Waals surface area (Å²) in [7, 11) is 0. The number of rotatable bonds is 8. The van der Waals surface area contributed by atoms with Gasteiger partial charge in [0.05, 0.1) is 17.1 Å². The van der Waals surface area contributed by atoms with Crippen LogP contribution in [0.3, 0.4) is 0 Å². The van der Waals surface area contributed by atoms with Crippen LogP contribution in [0, 0.1) is 17.0 Å². The summed E-state index contributed by atoms with van der Waals surface area (Å²) in [4.78, 5) is 36.5. The largest absolute Gasteiger partial charge is 0.462 e. The third kappa shape index (κ3) is 5.49. The fraction of sp³-hybridized carbons (Fsp3) is 0.200. The van der Waals surface area contributed by atoms with Gasteiger partial charge in [-0.3, -0.25) is 14.9 Å². The van der Waals surface area contributed by atoms with Crippen molar-refractivity contribution in [3.8, 4) is 11.5 Å². The predicted octanol–water partition coefficient (Wildman–Crippen LogP) is 5.11. The van der Waals surface area contributed by atoms with Crippen molar-refractivity contribution in [3.63, 3.8) is 0 Å². The lowest BCUT2D eigenvalue weighted by Crippen LogP contribution is -2.12. The Morgan fingerprint density at radius 2 is 1.91 bits per heavy atom. The normalized spacial score (nSPS) is 12.1. The van der Waals surface area contributed by atoms with Crippen LogP contribution in [0.1, 0.15) is 38.8 Å². The quantitative estimate of drug-likeness (QED) is 0.200. The predicted molar refractivity (Wildman–Crippen MR) is 131 cm³/mol. The van der Waals surface area contributed by atoms with E-state index in [9.17, 15) is 19.7 Å². The van der Waals surface area contributed by atoms with Crippen molar-refractivity contribution in [3.05, 3.63) is 85.8 Å². The van der Waals surface area contributed by atoms with Crippen LogP contribution in [-0.2, 0) is 16.0 Å². The van der Waals surface area contributed by atoms with Crippen molar-refractivity contribution in [2.24, 2.45) is 0 Å². The Labute approximate surface area is 205 Å². The van der Waals surface area contributed by atoms with Gasteiger partial charge in [0.2, 0.25) is 12.7 Å². The molecule has 0 radical (unpaired) electrons. The van der Waals surface area contributed by atoms with E-state index >= 15 is 0 Å². The smallest absolute Gasteiger partial charge is 0.341 e. The molecule has 9 nitrogen and oxygen atoms in total. The number of anilines is 1. The maximum absolute atomic E-state index is 12.7. The van der Waals surface area contributed by atoms with Gasteiger partial charge >= 0.3 is 5.97 Å². The zero-order chi connectivity index (χ0) is 24.9. The summed E-state index contributed by atoms with van der Waals surface area (Å²) in [5.41, 5.74) is 2.63. The van der Waals surface area contributed by atoms with E-state index in [2.05, 4.69) is 5.32 Å². The van der Waals surface area contributed by atoms with Gasteiger partial charge in [-0.25, -0.2) is 4.79 Å². The Morgan fingerprint density at radius 1 is 1.17 bits per heavy atom. The van der Waals surface area contributed by atoms with Gasteiger partial charge in [0.25, 0.3) is 5.69 Å². The van der Waals surface area contributed by atoms with Crippen LogP contribution < -0.4 is 14.8 Å². The minimum Gasteiger partial charge on any atom is -0.462 e. The summed E-state index contributed by atoms with van der Waals surface area (Å²) in [6.07, 6.45) is 3.38.